The maximum Gasteiger partial charge on any atom is 0.0829 e. The van der Waals surface area contributed by atoms with E-state index < -0.39 is 0 Å². The number of rotatable bonds is 0. The van der Waals surface area contributed by atoms with E-state index in [0.29, 0.717) is 0 Å². The minimum Gasteiger partial charge on any atom is -0.358 e. The molecule has 178 valence electrons. The molecule has 0 unspecified atom stereocenters. The number of anilines is 2. The summed E-state index contributed by atoms with van der Waals surface area (Å²) < 4.78 is 0. The molecule has 0 fully saturated rings. The Morgan fingerprint density at radius 1 is 0.543 bits per heavy atom. The summed E-state index contributed by atoms with van der Waals surface area (Å²) in [7, 11) is 0. The lowest BCUT2D eigenvalue weighted by molar-refractivity contribution is 1.24. The van der Waals surface area contributed by atoms with Crippen LogP contribution in [0.2, 0.25) is 0 Å². The molecule has 1 aromatic heterocycles. The van der Waals surface area contributed by atoms with Crippen LogP contribution in [0.4, 0.5) is 11.4 Å². The van der Waals surface area contributed by atoms with Crippen molar-refractivity contribution in [3.05, 3.63) is 91.0 Å². The highest BCUT2D eigenvalue weighted by Gasteiger charge is 2.21. The zero-order valence-corrected chi connectivity index (χ0v) is 21.9. The van der Waals surface area contributed by atoms with Crippen LogP contribution in [0.3, 0.4) is 0 Å². The van der Waals surface area contributed by atoms with Gasteiger partial charge in [-0.3, -0.25) is 0 Å². The number of allylic oxidation sites excluding steroid dienone is 5. The number of fused-ring (bicyclic) bond motifs is 5. The number of aryl methyl sites for hydroxylation is 2. The number of hydrogen-bond acceptors (Lipinski definition) is 4. The Morgan fingerprint density at radius 2 is 1.06 bits per heavy atom. The van der Waals surface area contributed by atoms with Crippen molar-refractivity contribution in [2.24, 2.45) is 9.98 Å². The molecule has 0 saturated heterocycles. The lowest BCUT2D eigenvalue weighted by atomic mass is 10.0. The van der Waals surface area contributed by atoms with Gasteiger partial charge in [0, 0.05) is 17.7 Å². The molecular formula is C30H33N5. The molecule has 0 saturated carbocycles. The molecule has 5 rings (SSSR count). The van der Waals surface area contributed by atoms with Crippen molar-refractivity contribution in [1.82, 2.24) is 4.98 Å². The van der Waals surface area contributed by atoms with Gasteiger partial charge in [0.05, 0.1) is 39.5 Å². The van der Waals surface area contributed by atoms with Crippen LogP contribution in [-0.4, -0.2) is 16.4 Å². The Balaban J connectivity index is 1.76. The lowest BCUT2D eigenvalue weighted by Crippen LogP contribution is -2.15. The van der Waals surface area contributed by atoms with E-state index in [0.717, 1.165) is 44.9 Å². The van der Waals surface area contributed by atoms with E-state index in [1.807, 2.05) is 6.20 Å². The molecule has 3 N–H and O–H groups in total. The first-order chi connectivity index (χ1) is 16.6. The van der Waals surface area contributed by atoms with Gasteiger partial charge >= 0.3 is 0 Å². The highest BCUT2D eigenvalue weighted by molar-refractivity contribution is 6.23. The van der Waals surface area contributed by atoms with Gasteiger partial charge in [-0.15, -0.1) is 0 Å². The molecule has 4 heterocycles. The Morgan fingerprint density at radius 3 is 1.71 bits per heavy atom. The van der Waals surface area contributed by atoms with Crippen LogP contribution in [0, 0.1) is 27.7 Å². The van der Waals surface area contributed by atoms with Gasteiger partial charge in [0.25, 0.3) is 0 Å². The van der Waals surface area contributed by atoms with Crippen LogP contribution in [0.15, 0.2) is 68.1 Å². The highest BCUT2D eigenvalue weighted by Crippen LogP contribution is 2.31. The van der Waals surface area contributed by atoms with Gasteiger partial charge < -0.3 is 15.6 Å². The van der Waals surface area contributed by atoms with Crippen LogP contribution in [0.1, 0.15) is 49.9 Å². The Labute approximate surface area is 207 Å². The van der Waals surface area contributed by atoms with Crippen LogP contribution in [0.25, 0.3) is 12.3 Å². The Bertz CT molecular complexity index is 1600. The smallest absolute Gasteiger partial charge is 0.0829 e. The number of nitrogens with zero attached hydrogens (tertiary/aromatic N) is 2. The van der Waals surface area contributed by atoms with Crippen molar-refractivity contribution >= 4 is 35.1 Å². The molecule has 0 amide bonds. The first-order valence-corrected chi connectivity index (χ1v) is 12.1. The van der Waals surface area contributed by atoms with Crippen molar-refractivity contribution in [3.63, 3.8) is 0 Å². The van der Waals surface area contributed by atoms with Crippen molar-refractivity contribution in [1.29, 1.82) is 0 Å². The third-order valence-electron chi connectivity index (χ3n) is 7.71. The fourth-order valence-electron chi connectivity index (χ4n) is 4.57. The van der Waals surface area contributed by atoms with E-state index in [4.69, 9.17) is 9.98 Å². The molecule has 0 spiro atoms. The maximum atomic E-state index is 4.99. The lowest BCUT2D eigenvalue weighted by Gasteiger charge is -2.13. The summed E-state index contributed by atoms with van der Waals surface area (Å²) in [5.74, 6) is 0. The second kappa shape index (κ2) is 8.42. The van der Waals surface area contributed by atoms with E-state index >= 15 is 0 Å². The second-order valence-corrected chi connectivity index (χ2v) is 9.81. The first kappa shape index (κ1) is 22.9. The van der Waals surface area contributed by atoms with Gasteiger partial charge in [-0.2, -0.15) is 0 Å². The average molecular weight is 464 g/mol. The number of aromatic amines is 1. The quantitative estimate of drug-likeness (QED) is 0.475. The van der Waals surface area contributed by atoms with Crippen LogP contribution in [0.5, 0.6) is 0 Å². The van der Waals surface area contributed by atoms with Gasteiger partial charge in [0.2, 0.25) is 0 Å². The summed E-state index contributed by atoms with van der Waals surface area (Å²) in [6, 6.07) is 4.37. The molecule has 1 aromatic carbocycles. The van der Waals surface area contributed by atoms with E-state index in [1.54, 1.807) is 0 Å². The fraction of sp³-hybridized carbons (Fsp3) is 0.267. The van der Waals surface area contributed by atoms with E-state index in [9.17, 15) is 0 Å². The maximum absolute atomic E-state index is 4.99. The standard InChI is InChI=1S/C30H33N5/c1-15-9-27-28(10-16(15)2)32-14-30-22(8)20(6)26(35-30)12-24-18(4)17(3)23(33-24)11-25-19(5)21(7)29(34-25)13-31-27/h9-14,31-32,34H,1-8H3. The summed E-state index contributed by atoms with van der Waals surface area (Å²) >= 11 is 0. The molecule has 0 radical (unpaired) electrons. The predicted molar refractivity (Wildman–Crippen MR) is 149 cm³/mol. The van der Waals surface area contributed by atoms with E-state index in [2.05, 4.69) is 101 Å². The number of H-pyrrole nitrogens is 1. The highest BCUT2D eigenvalue weighted by atomic mass is 15.0. The van der Waals surface area contributed by atoms with Crippen molar-refractivity contribution in [2.45, 2.75) is 55.4 Å². The van der Waals surface area contributed by atoms with Gasteiger partial charge in [-0.1, -0.05) is 0 Å². The van der Waals surface area contributed by atoms with Crippen molar-refractivity contribution < 1.29 is 0 Å². The van der Waals surface area contributed by atoms with Gasteiger partial charge in [-0.25, -0.2) is 9.98 Å². The van der Waals surface area contributed by atoms with Crippen molar-refractivity contribution in [2.75, 3.05) is 10.6 Å². The fourth-order valence-corrected chi connectivity index (χ4v) is 4.57. The Hall–Kier alpha value is -3.86. The molecule has 3 aliphatic rings. The van der Waals surface area contributed by atoms with Gasteiger partial charge in [-0.05, 0) is 124 Å². The number of aliphatic imine (C=N–C) groups is 2. The largest absolute Gasteiger partial charge is 0.358 e. The summed E-state index contributed by atoms with van der Waals surface area (Å²) in [6.45, 7) is 17.1. The molecule has 5 nitrogen and oxygen atoms in total. The summed E-state index contributed by atoms with van der Waals surface area (Å²) in [5, 5.41) is 9.21. The van der Waals surface area contributed by atoms with Crippen molar-refractivity contribution in [3.8, 4) is 0 Å². The number of hydrogen-bond donors (Lipinski definition) is 3. The normalized spacial score (nSPS) is 17.4. The topological polar surface area (TPSA) is 64.6 Å². The predicted octanol–water partition coefficient (Wildman–Crippen LogP) is 5.61. The molecule has 0 aliphatic carbocycles. The zero-order valence-electron chi connectivity index (χ0n) is 21.9. The van der Waals surface area contributed by atoms with Crippen LogP contribution < -0.4 is 21.3 Å². The third-order valence-corrected chi connectivity index (χ3v) is 7.71. The molecule has 6 bridgehead atoms. The Kier molecular flexibility index (Phi) is 5.51. The summed E-state index contributed by atoms with van der Waals surface area (Å²) in [4.78, 5) is 13.5. The molecule has 35 heavy (non-hydrogen) atoms. The van der Waals surface area contributed by atoms with E-state index in [-0.39, 0.29) is 0 Å². The summed E-state index contributed by atoms with van der Waals surface area (Å²) in [5.41, 5.74) is 15.6. The zero-order chi connectivity index (χ0) is 25.0. The summed E-state index contributed by atoms with van der Waals surface area (Å²) in [6.07, 6.45) is 8.34. The number of benzene rings is 1. The molecule has 5 heteroatoms. The van der Waals surface area contributed by atoms with Gasteiger partial charge in [0.15, 0.2) is 0 Å². The van der Waals surface area contributed by atoms with Gasteiger partial charge in [0.1, 0.15) is 0 Å². The minimum absolute atomic E-state index is 0.944. The first-order valence-electron chi connectivity index (χ1n) is 12.1. The average Bonchev–Trinajstić information content (AvgIpc) is 3.36. The van der Waals surface area contributed by atoms with Crippen LogP contribution >= 0.6 is 0 Å². The second-order valence-electron chi connectivity index (χ2n) is 9.81. The molecule has 3 aliphatic heterocycles. The SMILES string of the molecule is CC1=C(C)C2=NC1=CNc1cc(C)c(C)cc1NC=c1[nH]c(c(C)c1C)=CC1=NC(=C2)C(C)=C1C. The number of nitrogens with one attached hydrogen (secondary N) is 3. The van der Waals surface area contributed by atoms with Crippen LogP contribution in [-0.2, 0) is 0 Å². The molecular weight excluding hydrogens is 430 g/mol. The molecule has 0 atom stereocenters. The number of aromatic nitrogens is 1. The molecule has 2 aromatic rings. The third kappa shape index (κ3) is 3.91. The minimum atomic E-state index is 0.944. The monoisotopic (exact) mass is 463 g/mol. The van der Waals surface area contributed by atoms with E-state index in [1.165, 1.54) is 44.5 Å².